The van der Waals surface area contributed by atoms with Crippen molar-refractivity contribution in [2.24, 2.45) is 5.92 Å². The Balaban J connectivity index is 2.11. The molecule has 0 atom stereocenters. The van der Waals surface area contributed by atoms with Crippen molar-refractivity contribution < 1.29 is 4.79 Å². The molecule has 1 aliphatic rings. The predicted molar refractivity (Wildman–Crippen MR) is 72.0 cm³/mol. The van der Waals surface area contributed by atoms with Gasteiger partial charge in [0.05, 0.1) is 20.1 Å². The monoisotopic (exact) mass is 232 g/mol. The van der Waals surface area contributed by atoms with Crippen LogP contribution in [-0.4, -0.2) is 25.9 Å². The summed E-state index contributed by atoms with van der Waals surface area (Å²) in [7, 11) is 2.28. The number of carbonyl (C=O) groups is 1. The number of nitrogens with zero attached hydrogens (tertiary/aromatic N) is 1. The minimum Gasteiger partial charge on any atom is -0.300 e. The van der Waals surface area contributed by atoms with Gasteiger partial charge in [-0.25, -0.2) is 0 Å². The van der Waals surface area contributed by atoms with Gasteiger partial charge in [-0.2, -0.15) is 0 Å². The summed E-state index contributed by atoms with van der Waals surface area (Å²) >= 11 is 0. The summed E-state index contributed by atoms with van der Waals surface area (Å²) in [5, 5.41) is 0. The third kappa shape index (κ3) is 2.58. The Labute approximate surface area is 104 Å². The van der Waals surface area contributed by atoms with Gasteiger partial charge in [0.15, 0.2) is 0 Å². The van der Waals surface area contributed by atoms with Crippen LogP contribution in [0.15, 0.2) is 24.3 Å². The number of Topliss-reactive ketones (excluding diaryl/α,β-unsaturated/α-hetero) is 1. The van der Waals surface area contributed by atoms with Crippen LogP contribution in [0.3, 0.4) is 0 Å². The SMILES string of the molecule is CC(=O)C1CC[N+](C)(c2ccc(C)cc2)CC1. The van der Waals surface area contributed by atoms with Crippen molar-refractivity contribution in [3.05, 3.63) is 29.8 Å². The Morgan fingerprint density at radius 3 is 2.18 bits per heavy atom. The minimum atomic E-state index is 0.298. The molecule has 0 unspecified atom stereocenters. The predicted octanol–water partition coefficient (Wildman–Crippen LogP) is 2.93. The lowest BCUT2D eigenvalue weighted by Crippen LogP contribution is -2.51. The molecule has 1 heterocycles. The van der Waals surface area contributed by atoms with Crippen molar-refractivity contribution in [1.29, 1.82) is 0 Å². The van der Waals surface area contributed by atoms with Gasteiger partial charge in [-0.1, -0.05) is 17.7 Å². The second-order valence-corrected chi connectivity index (χ2v) is 5.56. The summed E-state index contributed by atoms with van der Waals surface area (Å²) in [4.78, 5) is 11.4. The number of hydrogen-bond acceptors (Lipinski definition) is 1. The van der Waals surface area contributed by atoms with Gasteiger partial charge in [-0.3, -0.25) is 9.28 Å². The Morgan fingerprint density at radius 1 is 1.18 bits per heavy atom. The molecule has 1 fully saturated rings. The largest absolute Gasteiger partial charge is 0.300 e. The van der Waals surface area contributed by atoms with Crippen LogP contribution in [-0.2, 0) is 4.79 Å². The maximum Gasteiger partial charge on any atom is 0.133 e. The maximum absolute atomic E-state index is 11.4. The Hall–Kier alpha value is -1.15. The molecule has 0 N–H and O–H groups in total. The van der Waals surface area contributed by atoms with Crippen molar-refractivity contribution in [2.45, 2.75) is 26.7 Å². The number of quaternary nitrogens is 1. The fourth-order valence-electron chi connectivity index (χ4n) is 2.71. The lowest BCUT2D eigenvalue weighted by molar-refractivity contribution is -0.121. The molecule has 0 aliphatic carbocycles. The van der Waals surface area contributed by atoms with Gasteiger partial charge in [0.25, 0.3) is 0 Å². The summed E-state index contributed by atoms with van der Waals surface area (Å²) in [5.41, 5.74) is 2.68. The molecule has 0 amide bonds. The summed E-state index contributed by atoms with van der Waals surface area (Å²) in [5.74, 6) is 0.659. The molecule has 1 aromatic carbocycles. The van der Waals surface area contributed by atoms with E-state index in [1.807, 2.05) is 0 Å². The number of carbonyl (C=O) groups excluding carboxylic acids is 1. The summed E-state index contributed by atoms with van der Waals surface area (Å²) < 4.78 is 0.976. The third-order valence-electron chi connectivity index (χ3n) is 4.17. The summed E-state index contributed by atoms with van der Waals surface area (Å²) in [6.07, 6.45) is 2.05. The van der Waals surface area contributed by atoms with Gasteiger partial charge >= 0.3 is 0 Å². The van der Waals surface area contributed by atoms with E-state index in [4.69, 9.17) is 0 Å². The topological polar surface area (TPSA) is 17.1 Å². The maximum atomic E-state index is 11.4. The number of ketones is 1. The van der Waals surface area contributed by atoms with E-state index in [-0.39, 0.29) is 0 Å². The molecule has 1 saturated heterocycles. The number of rotatable bonds is 2. The van der Waals surface area contributed by atoms with Crippen molar-refractivity contribution in [2.75, 3.05) is 20.1 Å². The molecule has 0 spiro atoms. The molecule has 2 heteroatoms. The lowest BCUT2D eigenvalue weighted by atomic mass is 9.91. The molecule has 0 aromatic heterocycles. The average molecular weight is 232 g/mol. The first-order valence-electron chi connectivity index (χ1n) is 6.43. The van der Waals surface area contributed by atoms with Crippen molar-refractivity contribution in [3.8, 4) is 0 Å². The second kappa shape index (κ2) is 4.61. The minimum absolute atomic E-state index is 0.298. The first-order valence-corrected chi connectivity index (χ1v) is 6.43. The van der Waals surface area contributed by atoms with E-state index >= 15 is 0 Å². The fourth-order valence-corrected chi connectivity index (χ4v) is 2.71. The number of benzene rings is 1. The van der Waals surface area contributed by atoms with Crippen LogP contribution in [0, 0.1) is 12.8 Å². The molecule has 0 radical (unpaired) electrons. The highest BCUT2D eigenvalue weighted by molar-refractivity contribution is 5.78. The zero-order valence-corrected chi connectivity index (χ0v) is 11.1. The molecule has 0 bridgehead atoms. The van der Waals surface area contributed by atoms with E-state index in [0.717, 1.165) is 30.4 Å². The molecule has 2 rings (SSSR count). The van der Waals surface area contributed by atoms with E-state index < -0.39 is 0 Å². The Kier molecular flexibility index (Phi) is 3.34. The molecule has 0 saturated carbocycles. The van der Waals surface area contributed by atoms with Crippen LogP contribution >= 0.6 is 0 Å². The zero-order chi connectivity index (χ0) is 12.5. The zero-order valence-electron chi connectivity index (χ0n) is 11.1. The molecule has 92 valence electrons. The fraction of sp³-hybridized carbons (Fsp3) is 0.533. The normalized spacial score (nSPS) is 29.0. The molecule has 2 nitrogen and oxygen atoms in total. The smallest absolute Gasteiger partial charge is 0.133 e. The second-order valence-electron chi connectivity index (χ2n) is 5.56. The quantitative estimate of drug-likeness (QED) is 0.717. The first kappa shape index (κ1) is 12.3. The van der Waals surface area contributed by atoms with Gasteiger partial charge in [-0.05, 0) is 26.0 Å². The highest BCUT2D eigenvalue weighted by atomic mass is 16.1. The van der Waals surface area contributed by atoms with Crippen LogP contribution in [0.4, 0.5) is 5.69 Å². The number of likely N-dealkylation sites (tertiary alicyclic amines) is 1. The van der Waals surface area contributed by atoms with Crippen LogP contribution in [0.1, 0.15) is 25.3 Å². The van der Waals surface area contributed by atoms with E-state index in [1.54, 1.807) is 6.92 Å². The number of hydrogen-bond donors (Lipinski definition) is 0. The van der Waals surface area contributed by atoms with Crippen molar-refractivity contribution in [1.82, 2.24) is 4.48 Å². The van der Waals surface area contributed by atoms with E-state index in [0.29, 0.717) is 11.7 Å². The Bertz CT molecular complexity index is 399. The molecule has 1 aromatic rings. The Morgan fingerprint density at radius 2 is 1.71 bits per heavy atom. The standard InChI is InChI=1S/C15H22NO/c1-12-4-6-15(7-5-12)16(3)10-8-14(9-11-16)13(2)17/h4-7,14H,8-11H2,1-3H3/q+1. The van der Waals surface area contributed by atoms with Crippen LogP contribution in [0.5, 0.6) is 0 Å². The highest BCUT2D eigenvalue weighted by Gasteiger charge is 2.33. The van der Waals surface area contributed by atoms with Crippen molar-refractivity contribution in [3.63, 3.8) is 0 Å². The summed E-state index contributed by atoms with van der Waals surface area (Å²) in [6.45, 7) is 6.00. The number of aryl methyl sites for hydroxylation is 1. The van der Waals surface area contributed by atoms with Crippen LogP contribution in [0.2, 0.25) is 0 Å². The first-order chi connectivity index (χ1) is 8.01. The van der Waals surface area contributed by atoms with Gasteiger partial charge in [0, 0.05) is 18.8 Å². The van der Waals surface area contributed by atoms with Crippen LogP contribution < -0.4 is 4.48 Å². The summed E-state index contributed by atoms with van der Waals surface area (Å²) in [6, 6.07) is 8.80. The van der Waals surface area contributed by atoms with E-state index in [1.165, 1.54) is 11.3 Å². The lowest BCUT2D eigenvalue weighted by Gasteiger charge is -2.39. The van der Waals surface area contributed by atoms with Crippen molar-refractivity contribution >= 4 is 11.5 Å². The van der Waals surface area contributed by atoms with Gasteiger partial charge in [-0.15, -0.1) is 0 Å². The average Bonchev–Trinajstić information content (AvgIpc) is 2.30. The molecule has 1 aliphatic heterocycles. The van der Waals surface area contributed by atoms with Crippen LogP contribution in [0.25, 0.3) is 0 Å². The van der Waals surface area contributed by atoms with Gasteiger partial charge in [0.2, 0.25) is 0 Å². The molecular formula is C15H22NO+. The number of piperidine rings is 1. The molecule has 17 heavy (non-hydrogen) atoms. The van der Waals surface area contributed by atoms with E-state index in [2.05, 4.69) is 38.2 Å². The van der Waals surface area contributed by atoms with E-state index in [9.17, 15) is 4.79 Å². The molecular weight excluding hydrogens is 210 g/mol. The van der Waals surface area contributed by atoms with Gasteiger partial charge < -0.3 is 0 Å². The van der Waals surface area contributed by atoms with Gasteiger partial charge in [0.1, 0.15) is 11.5 Å². The highest BCUT2D eigenvalue weighted by Crippen LogP contribution is 2.29. The third-order valence-corrected chi connectivity index (χ3v) is 4.17.